The van der Waals surface area contributed by atoms with Crippen molar-refractivity contribution in [2.45, 2.75) is 110 Å². The molecule has 0 spiro atoms. The third-order valence-corrected chi connectivity index (χ3v) is 9.39. The third-order valence-electron chi connectivity index (χ3n) is 9.39. The summed E-state index contributed by atoms with van der Waals surface area (Å²) in [6, 6.07) is 1.18. The number of nitrogens with one attached hydrogen (secondary N) is 2. The van der Waals surface area contributed by atoms with Crippen LogP contribution >= 0.6 is 0 Å². The second-order valence-corrected chi connectivity index (χ2v) is 11.6. The number of nitrogens with zero attached hydrogens (tertiary/aromatic N) is 2. The molecule has 0 aliphatic heterocycles. The maximum Gasteiger partial charge on any atom is 0.272 e. The highest BCUT2D eigenvalue weighted by Crippen LogP contribution is 2.62. The van der Waals surface area contributed by atoms with E-state index in [0.29, 0.717) is 12.1 Å². The van der Waals surface area contributed by atoms with Gasteiger partial charge in [0, 0.05) is 23.3 Å². The fourth-order valence-corrected chi connectivity index (χ4v) is 7.56. The number of carbonyl (C=O) groups excluding carboxylic acids is 1. The number of fused-ring (bicyclic) bond motifs is 3. The van der Waals surface area contributed by atoms with Gasteiger partial charge in [0.2, 0.25) is 0 Å². The van der Waals surface area contributed by atoms with Crippen LogP contribution in [0.15, 0.2) is 0 Å². The molecule has 1 aromatic rings. The first-order valence-corrected chi connectivity index (χ1v) is 12.4. The molecule has 0 saturated heterocycles. The Labute approximate surface area is 182 Å². The van der Waals surface area contributed by atoms with Crippen LogP contribution in [0.3, 0.4) is 0 Å². The summed E-state index contributed by atoms with van der Waals surface area (Å²) in [6.07, 6.45) is 13.2. The van der Waals surface area contributed by atoms with Crippen molar-refractivity contribution in [3.8, 4) is 0 Å². The number of aromatic nitrogens is 2. The molecule has 1 aromatic heterocycles. The lowest BCUT2D eigenvalue weighted by Gasteiger charge is -2.43. The van der Waals surface area contributed by atoms with Gasteiger partial charge in [0.1, 0.15) is 0 Å². The van der Waals surface area contributed by atoms with Crippen molar-refractivity contribution < 1.29 is 4.79 Å². The van der Waals surface area contributed by atoms with Crippen LogP contribution in [0.5, 0.6) is 0 Å². The van der Waals surface area contributed by atoms with E-state index in [-0.39, 0.29) is 22.8 Å². The van der Waals surface area contributed by atoms with Crippen LogP contribution in [-0.2, 0) is 12.8 Å². The molecule has 4 aliphatic carbocycles. The number of carbonyl (C=O) groups is 1. The molecule has 2 bridgehead atoms. The molecule has 1 amide bonds. The van der Waals surface area contributed by atoms with Gasteiger partial charge in [-0.05, 0) is 68.1 Å². The van der Waals surface area contributed by atoms with Crippen molar-refractivity contribution in [3.63, 3.8) is 0 Å². The Kier molecular flexibility index (Phi) is 5.07. The average Bonchev–Trinajstić information content (AvgIpc) is 3.38. The lowest BCUT2D eigenvalue weighted by molar-refractivity contribution is 0.0731. The summed E-state index contributed by atoms with van der Waals surface area (Å²) in [4.78, 5) is 13.7. The SMILES string of the molecule is BNC1CCc2c(c(C(=O)NC3C4(C)CCC(C4)C3(C)C)nn2C2CCCCC2)C1. The predicted octanol–water partition coefficient (Wildman–Crippen LogP) is 3.33. The van der Waals surface area contributed by atoms with Gasteiger partial charge in [0.15, 0.2) is 13.7 Å². The van der Waals surface area contributed by atoms with Crippen LogP contribution in [0.2, 0.25) is 0 Å². The fourth-order valence-electron chi connectivity index (χ4n) is 7.56. The molecule has 4 atom stereocenters. The van der Waals surface area contributed by atoms with Crippen LogP contribution in [-0.4, -0.2) is 35.8 Å². The summed E-state index contributed by atoms with van der Waals surface area (Å²) in [5, 5.41) is 12.0. The maximum absolute atomic E-state index is 13.7. The third kappa shape index (κ3) is 3.16. The Morgan fingerprint density at radius 1 is 1.13 bits per heavy atom. The van der Waals surface area contributed by atoms with Crippen molar-refractivity contribution >= 4 is 13.9 Å². The summed E-state index contributed by atoms with van der Waals surface area (Å²) in [5.74, 6) is 0.805. The summed E-state index contributed by atoms with van der Waals surface area (Å²) >= 11 is 0. The lowest BCUT2D eigenvalue weighted by Crippen LogP contribution is -2.52. The molecule has 0 radical (unpaired) electrons. The average molecular weight is 410 g/mol. The van der Waals surface area contributed by atoms with E-state index in [1.54, 1.807) is 0 Å². The largest absolute Gasteiger partial charge is 0.359 e. The summed E-state index contributed by atoms with van der Waals surface area (Å²) in [6.45, 7) is 7.11. The van der Waals surface area contributed by atoms with Gasteiger partial charge < -0.3 is 10.5 Å². The zero-order valence-corrected chi connectivity index (χ0v) is 19.4. The van der Waals surface area contributed by atoms with Gasteiger partial charge >= 0.3 is 0 Å². The standard InChI is InChI=1S/C24H39BN4O/c1-23(2)15-11-12-24(3,14-15)22(23)26-21(30)20-18-13-16(27-25)9-10-19(18)29(28-20)17-7-5-4-6-8-17/h15-17,22,27H,4-14,25H2,1-3H3,(H,26,30). The van der Waals surface area contributed by atoms with Crippen molar-refractivity contribution in [2.24, 2.45) is 16.7 Å². The number of hydrogen-bond acceptors (Lipinski definition) is 3. The van der Waals surface area contributed by atoms with E-state index >= 15 is 0 Å². The molecule has 5 nitrogen and oxygen atoms in total. The van der Waals surface area contributed by atoms with E-state index < -0.39 is 0 Å². The van der Waals surface area contributed by atoms with Gasteiger partial charge in [0.05, 0.1) is 6.04 Å². The van der Waals surface area contributed by atoms with E-state index in [9.17, 15) is 4.79 Å². The van der Waals surface area contributed by atoms with Crippen molar-refractivity contribution in [2.75, 3.05) is 0 Å². The topological polar surface area (TPSA) is 59.0 Å². The van der Waals surface area contributed by atoms with E-state index in [1.165, 1.54) is 62.6 Å². The summed E-state index contributed by atoms with van der Waals surface area (Å²) in [5.41, 5.74) is 3.69. The van der Waals surface area contributed by atoms with Gasteiger partial charge in [-0.15, -0.1) is 0 Å². The molecular formula is C24H39BN4O. The Balaban J connectivity index is 1.46. The van der Waals surface area contributed by atoms with E-state index in [2.05, 4.69) is 36.0 Å². The Morgan fingerprint density at radius 3 is 2.57 bits per heavy atom. The van der Waals surface area contributed by atoms with Gasteiger partial charge in [-0.1, -0.05) is 40.0 Å². The van der Waals surface area contributed by atoms with E-state index in [4.69, 9.17) is 5.10 Å². The molecule has 4 aliphatic rings. The van der Waals surface area contributed by atoms with E-state index in [0.717, 1.165) is 30.9 Å². The predicted molar refractivity (Wildman–Crippen MR) is 122 cm³/mol. The Bertz CT molecular complexity index is 823. The van der Waals surface area contributed by atoms with Crippen molar-refractivity contribution in [3.05, 3.63) is 17.0 Å². The molecular weight excluding hydrogens is 371 g/mol. The molecule has 164 valence electrons. The monoisotopic (exact) mass is 410 g/mol. The summed E-state index contributed by atoms with van der Waals surface area (Å²) in [7, 11) is 2.04. The molecule has 1 heterocycles. The first-order chi connectivity index (χ1) is 14.3. The van der Waals surface area contributed by atoms with Gasteiger partial charge in [0.25, 0.3) is 5.91 Å². The smallest absolute Gasteiger partial charge is 0.272 e. The highest BCUT2D eigenvalue weighted by molar-refractivity contribution is 6.04. The van der Waals surface area contributed by atoms with Crippen LogP contribution < -0.4 is 10.5 Å². The minimum atomic E-state index is 0.0735. The molecule has 0 aromatic carbocycles. The highest BCUT2D eigenvalue weighted by Gasteiger charge is 2.59. The van der Waals surface area contributed by atoms with E-state index in [1.807, 2.05) is 7.98 Å². The van der Waals surface area contributed by atoms with Crippen LogP contribution in [0.1, 0.15) is 106 Å². The zero-order valence-electron chi connectivity index (χ0n) is 19.4. The molecule has 6 heteroatoms. The number of rotatable bonds is 4. The fraction of sp³-hybridized carbons (Fsp3) is 0.833. The molecule has 3 fully saturated rings. The van der Waals surface area contributed by atoms with Crippen LogP contribution in [0.25, 0.3) is 0 Å². The minimum absolute atomic E-state index is 0.0735. The first kappa shape index (κ1) is 20.6. The van der Waals surface area contributed by atoms with Crippen LogP contribution in [0, 0.1) is 16.7 Å². The van der Waals surface area contributed by atoms with Crippen molar-refractivity contribution in [1.82, 2.24) is 20.3 Å². The quantitative estimate of drug-likeness (QED) is 0.749. The Morgan fingerprint density at radius 2 is 1.90 bits per heavy atom. The first-order valence-electron chi connectivity index (χ1n) is 12.4. The molecule has 30 heavy (non-hydrogen) atoms. The normalized spacial score (nSPS) is 35.4. The second kappa shape index (κ2) is 7.39. The number of amides is 1. The molecule has 4 unspecified atom stereocenters. The van der Waals surface area contributed by atoms with Gasteiger partial charge in [-0.3, -0.25) is 9.48 Å². The molecule has 5 rings (SSSR count). The van der Waals surface area contributed by atoms with Crippen LogP contribution in [0.4, 0.5) is 0 Å². The molecule has 2 N–H and O–H groups in total. The minimum Gasteiger partial charge on any atom is -0.359 e. The molecule has 3 saturated carbocycles. The number of hydrogen-bond donors (Lipinski definition) is 2. The second-order valence-electron chi connectivity index (χ2n) is 11.6. The van der Waals surface area contributed by atoms with Gasteiger partial charge in [-0.2, -0.15) is 5.10 Å². The Hall–Kier alpha value is -1.30. The zero-order chi connectivity index (χ0) is 21.1. The lowest BCUT2D eigenvalue weighted by atomic mass is 9.68. The summed E-state index contributed by atoms with van der Waals surface area (Å²) < 4.78 is 2.28. The highest BCUT2D eigenvalue weighted by atomic mass is 16.2. The van der Waals surface area contributed by atoms with Crippen molar-refractivity contribution in [1.29, 1.82) is 0 Å². The maximum atomic E-state index is 13.7. The van der Waals surface area contributed by atoms with Gasteiger partial charge in [-0.25, -0.2) is 0 Å².